The van der Waals surface area contributed by atoms with Gasteiger partial charge in [0.15, 0.2) is 11.6 Å². The molecule has 2 aromatic heterocycles. The van der Waals surface area contributed by atoms with Crippen LogP contribution in [0.15, 0.2) is 42.7 Å². The number of ether oxygens (including phenoxy) is 1. The van der Waals surface area contributed by atoms with Gasteiger partial charge in [-0.15, -0.1) is 0 Å². The molecule has 0 unspecified atom stereocenters. The van der Waals surface area contributed by atoms with Gasteiger partial charge in [-0.1, -0.05) is 13.8 Å². The minimum Gasteiger partial charge on any atom is -0.434 e. The first-order valence-electron chi connectivity index (χ1n) is 7.08. The third-order valence-electron chi connectivity index (χ3n) is 3.09. The maximum absolute atomic E-state index is 13.9. The van der Waals surface area contributed by atoms with E-state index >= 15 is 0 Å². The predicted molar refractivity (Wildman–Crippen MR) is 85.2 cm³/mol. The van der Waals surface area contributed by atoms with Crippen LogP contribution in [-0.4, -0.2) is 14.5 Å². The van der Waals surface area contributed by atoms with E-state index in [4.69, 9.17) is 4.74 Å². The lowest BCUT2D eigenvalue weighted by molar-refractivity contribution is -0.385. The van der Waals surface area contributed by atoms with Crippen LogP contribution in [0, 0.1) is 15.9 Å². The fourth-order valence-electron chi connectivity index (χ4n) is 2.07. The third-order valence-corrected chi connectivity index (χ3v) is 3.09. The predicted octanol–water partition coefficient (Wildman–Crippen LogP) is 4.44. The van der Waals surface area contributed by atoms with Crippen LogP contribution in [0.1, 0.15) is 13.8 Å². The van der Waals surface area contributed by atoms with E-state index in [1.165, 1.54) is 12.1 Å². The Labute approximate surface area is 132 Å². The molecule has 0 aliphatic carbocycles. The van der Waals surface area contributed by atoms with Crippen LogP contribution >= 0.6 is 0 Å². The maximum Gasteiger partial charge on any atom is 0.272 e. The van der Waals surface area contributed by atoms with Crippen LogP contribution in [0.3, 0.4) is 0 Å². The van der Waals surface area contributed by atoms with Crippen molar-refractivity contribution in [2.24, 2.45) is 7.05 Å². The van der Waals surface area contributed by atoms with E-state index in [9.17, 15) is 14.5 Å². The summed E-state index contributed by atoms with van der Waals surface area (Å²) >= 11 is 0. The minimum absolute atomic E-state index is 0.109. The zero-order valence-electron chi connectivity index (χ0n) is 13.0. The standard InChI is InChI=1S/C14H10FN3O3.C2H6/c1-17-7-5-9-4-6-16-14(13(9)17)21-12-3-2-10(18(19)20)8-11(12)15;1-2/h2-8H,1H3;1-2H3. The summed E-state index contributed by atoms with van der Waals surface area (Å²) in [5.41, 5.74) is 0.389. The van der Waals surface area contributed by atoms with Crippen LogP contribution < -0.4 is 4.74 Å². The van der Waals surface area contributed by atoms with Crippen molar-refractivity contribution in [3.63, 3.8) is 0 Å². The molecule has 6 nitrogen and oxygen atoms in total. The Bertz CT molecular complexity index is 846. The molecule has 2 heterocycles. The van der Waals surface area contributed by atoms with Crippen molar-refractivity contribution >= 4 is 16.6 Å². The summed E-state index contributed by atoms with van der Waals surface area (Å²) in [6.07, 6.45) is 3.40. The van der Waals surface area contributed by atoms with E-state index in [0.717, 1.165) is 17.0 Å². The molecule has 3 rings (SSSR count). The minimum atomic E-state index is -0.808. The highest BCUT2D eigenvalue weighted by Crippen LogP contribution is 2.30. The Balaban J connectivity index is 0.000000924. The van der Waals surface area contributed by atoms with Crippen molar-refractivity contribution in [2.45, 2.75) is 13.8 Å². The number of aryl methyl sites for hydroxylation is 1. The molecule has 0 aliphatic rings. The van der Waals surface area contributed by atoms with E-state index in [-0.39, 0.29) is 17.3 Å². The topological polar surface area (TPSA) is 70.2 Å². The van der Waals surface area contributed by atoms with Gasteiger partial charge in [0.25, 0.3) is 5.69 Å². The molecule has 0 bridgehead atoms. The largest absolute Gasteiger partial charge is 0.434 e. The number of fused-ring (bicyclic) bond motifs is 1. The number of halogens is 1. The van der Waals surface area contributed by atoms with Gasteiger partial charge in [-0.25, -0.2) is 9.37 Å². The lowest BCUT2D eigenvalue weighted by Crippen LogP contribution is -1.96. The van der Waals surface area contributed by atoms with Crippen LogP contribution in [0.4, 0.5) is 10.1 Å². The van der Waals surface area contributed by atoms with Gasteiger partial charge in [-0.05, 0) is 18.2 Å². The van der Waals surface area contributed by atoms with Gasteiger partial charge in [-0.3, -0.25) is 10.1 Å². The quantitative estimate of drug-likeness (QED) is 0.529. The van der Waals surface area contributed by atoms with E-state index in [1.54, 1.807) is 10.8 Å². The molecular formula is C16H16FN3O3. The molecule has 1 aromatic carbocycles. The highest BCUT2D eigenvalue weighted by Gasteiger charge is 2.14. The summed E-state index contributed by atoms with van der Waals surface area (Å²) in [5.74, 6) is -0.674. The van der Waals surface area contributed by atoms with Crippen molar-refractivity contribution in [1.29, 1.82) is 0 Å². The van der Waals surface area contributed by atoms with Crippen LogP contribution in [-0.2, 0) is 7.05 Å². The highest BCUT2D eigenvalue weighted by atomic mass is 19.1. The van der Waals surface area contributed by atoms with Crippen molar-refractivity contribution in [1.82, 2.24) is 9.55 Å². The van der Waals surface area contributed by atoms with Crippen LogP contribution in [0.25, 0.3) is 10.9 Å². The van der Waals surface area contributed by atoms with Crippen molar-refractivity contribution in [2.75, 3.05) is 0 Å². The summed E-state index contributed by atoms with van der Waals surface area (Å²) in [7, 11) is 1.82. The number of hydrogen-bond donors (Lipinski definition) is 0. The molecule has 0 atom stereocenters. The second-order valence-electron chi connectivity index (χ2n) is 4.45. The molecule has 0 fully saturated rings. The SMILES string of the molecule is CC.Cn1ccc2ccnc(Oc3ccc([N+](=O)[O-])cc3F)c21. The number of nitro benzene ring substituents is 1. The molecule has 23 heavy (non-hydrogen) atoms. The Hall–Kier alpha value is -2.96. The summed E-state index contributed by atoms with van der Waals surface area (Å²) in [5, 5.41) is 11.5. The first-order chi connectivity index (χ1) is 11.1. The van der Waals surface area contributed by atoms with Gasteiger partial charge in [0.1, 0.15) is 5.52 Å². The second kappa shape index (κ2) is 6.87. The third kappa shape index (κ3) is 3.28. The van der Waals surface area contributed by atoms with Crippen LogP contribution in [0.2, 0.25) is 0 Å². The number of nitro groups is 1. The lowest BCUT2D eigenvalue weighted by atomic mass is 10.3. The number of nitrogens with zero attached hydrogens (tertiary/aromatic N) is 3. The normalized spacial score (nSPS) is 10.1. The average Bonchev–Trinajstić information content (AvgIpc) is 2.93. The van der Waals surface area contributed by atoms with Crippen LogP contribution in [0.5, 0.6) is 11.6 Å². The molecule has 0 N–H and O–H groups in total. The zero-order valence-corrected chi connectivity index (χ0v) is 13.0. The molecule has 0 spiro atoms. The Morgan fingerprint density at radius 2 is 2.00 bits per heavy atom. The van der Waals surface area contributed by atoms with Gasteiger partial charge < -0.3 is 9.30 Å². The van der Waals surface area contributed by atoms with Gasteiger partial charge in [0.05, 0.1) is 11.0 Å². The molecule has 0 radical (unpaired) electrons. The molecule has 0 saturated carbocycles. The van der Waals surface area contributed by atoms with Gasteiger partial charge in [-0.2, -0.15) is 0 Å². The molecule has 0 amide bonds. The fourth-order valence-corrected chi connectivity index (χ4v) is 2.07. The summed E-state index contributed by atoms with van der Waals surface area (Å²) in [6, 6.07) is 6.92. The Morgan fingerprint density at radius 3 is 2.65 bits per heavy atom. The highest BCUT2D eigenvalue weighted by molar-refractivity contribution is 5.84. The zero-order chi connectivity index (χ0) is 17.0. The van der Waals surface area contributed by atoms with Crippen molar-refractivity contribution < 1.29 is 14.1 Å². The second-order valence-corrected chi connectivity index (χ2v) is 4.45. The first-order valence-corrected chi connectivity index (χ1v) is 7.08. The first kappa shape index (κ1) is 16.4. The number of aromatic nitrogens is 2. The summed E-state index contributed by atoms with van der Waals surface area (Å²) in [4.78, 5) is 14.0. The molecule has 0 saturated heterocycles. The van der Waals surface area contributed by atoms with Crippen molar-refractivity contribution in [3.8, 4) is 11.6 Å². The van der Waals surface area contributed by atoms with Gasteiger partial charge in [0.2, 0.25) is 5.88 Å². The van der Waals surface area contributed by atoms with Gasteiger partial charge in [0, 0.05) is 30.9 Å². The Morgan fingerprint density at radius 1 is 1.26 bits per heavy atom. The molecule has 120 valence electrons. The Kier molecular flexibility index (Phi) is 4.90. The average molecular weight is 317 g/mol. The molecular weight excluding hydrogens is 301 g/mol. The van der Waals surface area contributed by atoms with E-state index in [1.807, 2.05) is 39.2 Å². The van der Waals surface area contributed by atoms with E-state index in [2.05, 4.69) is 4.98 Å². The van der Waals surface area contributed by atoms with Gasteiger partial charge >= 0.3 is 0 Å². The molecule has 3 aromatic rings. The van der Waals surface area contributed by atoms with Crippen molar-refractivity contribution in [3.05, 3.63) is 58.7 Å². The molecule has 0 aliphatic heterocycles. The summed E-state index contributed by atoms with van der Waals surface area (Å²) < 4.78 is 21.1. The summed E-state index contributed by atoms with van der Waals surface area (Å²) in [6.45, 7) is 4.00. The lowest BCUT2D eigenvalue weighted by Gasteiger charge is -2.08. The van der Waals surface area contributed by atoms with E-state index < -0.39 is 10.7 Å². The fraction of sp³-hybridized carbons (Fsp3) is 0.188. The smallest absolute Gasteiger partial charge is 0.272 e. The molecule has 7 heteroatoms. The number of hydrogen-bond acceptors (Lipinski definition) is 4. The monoisotopic (exact) mass is 317 g/mol. The maximum atomic E-state index is 13.9. The number of pyridine rings is 1. The van der Waals surface area contributed by atoms with E-state index in [0.29, 0.717) is 0 Å². The number of rotatable bonds is 3. The number of benzene rings is 1. The number of non-ortho nitro benzene ring substituents is 1.